The summed E-state index contributed by atoms with van der Waals surface area (Å²) in [5, 5.41) is 0. The third-order valence-corrected chi connectivity index (χ3v) is 7.53. The van der Waals surface area contributed by atoms with E-state index in [1.807, 2.05) is 4.90 Å². The van der Waals surface area contributed by atoms with Gasteiger partial charge in [-0.25, -0.2) is 13.1 Å². The third kappa shape index (κ3) is 5.62. The highest BCUT2D eigenvalue weighted by atomic mass is 32.2. The van der Waals surface area contributed by atoms with Gasteiger partial charge in [0.05, 0.1) is 4.90 Å². The first-order chi connectivity index (χ1) is 15.3. The smallest absolute Gasteiger partial charge is 0.253 e. The molecule has 4 rings (SSSR count). The minimum absolute atomic E-state index is 0.0220. The highest BCUT2D eigenvalue weighted by Gasteiger charge is 2.28. The van der Waals surface area contributed by atoms with Gasteiger partial charge < -0.3 is 4.90 Å². The van der Waals surface area contributed by atoms with Crippen molar-refractivity contribution < 1.29 is 18.0 Å². The van der Waals surface area contributed by atoms with Crippen LogP contribution >= 0.6 is 0 Å². The van der Waals surface area contributed by atoms with Crippen molar-refractivity contribution in [2.24, 2.45) is 5.92 Å². The van der Waals surface area contributed by atoms with E-state index < -0.39 is 10.0 Å². The van der Waals surface area contributed by atoms with Crippen LogP contribution in [0, 0.1) is 5.92 Å². The van der Waals surface area contributed by atoms with Gasteiger partial charge in [0.2, 0.25) is 10.0 Å². The lowest BCUT2D eigenvalue weighted by atomic mass is 10.1. The van der Waals surface area contributed by atoms with Crippen LogP contribution in [0.5, 0.6) is 0 Å². The van der Waals surface area contributed by atoms with Crippen LogP contribution in [0.2, 0.25) is 0 Å². The lowest BCUT2D eigenvalue weighted by Gasteiger charge is -2.34. The van der Waals surface area contributed by atoms with Crippen LogP contribution in [-0.4, -0.2) is 62.6 Å². The van der Waals surface area contributed by atoms with E-state index in [4.69, 9.17) is 0 Å². The quantitative estimate of drug-likeness (QED) is 0.618. The Hall–Kier alpha value is -2.55. The van der Waals surface area contributed by atoms with Gasteiger partial charge >= 0.3 is 0 Å². The van der Waals surface area contributed by atoms with Gasteiger partial charge in [-0.05, 0) is 55.5 Å². The number of rotatable bonds is 8. The number of ketones is 1. The SMILES string of the molecule is CC(=O)c1ccc(S(=O)(=O)NCc2ccc(C(=O)N3CCN(CC4CC4)CC3)cc2)cc1. The summed E-state index contributed by atoms with van der Waals surface area (Å²) >= 11 is 0. The van der Waals surface area contributed by atoms with Crippen molar-refractivity contribution in [3.05, 3.63) is 65.2 Å². The third-order valence-electron chi connectivity index (χ3n) is 6.11. The molecule has 8 heteroatoms. The minimum atomic E-state index is -3.70. The van der Waals surface area contributed by atoms with Crippen LogP contribution in [0.25, 0.3) is 0 Å². The van der Waals surface area contributed by atoms with E-state index in [-0.39, 0.29) is 23.1 Å². The number of nitrogens with one attached hydrogen (secondary N) is 1. The molecular weight excluding hydrogens is 426 g/mol. The second kappa shape index (κ2) is 9.52. The van der Waals surface area contributed by atoms with Crippen molar-refractivity contribution in [2.45, 2.75) is 31.2 Å². The average Bonchev–Trinajstić information content (AvgIpc) is 3.62. The van der Waals surface area contributed by atoms with Gasteiger partial charge in [0, 0.05) is 50.4 Å². The van der Waals surface area contributed by atoms with Gasteiger partial charge in [-0.3, -0.25) is 14.5 Å². The maximum atomic E-state index is 12.8. The molecule has 2 aromatic carbocycles. The van der Waals surface area contributed by atoms with Gasteiger partial charge in [0.1, 0.15) is 0 Å². The number of sulfonamides is 1. The van der Waals surface area contributed by atoms with Gasteiger partial charge in [-0.2, -0.15) is 0 Å². The first-order valence-electron chi connectivity index (χ1n) is 11.0. The summed E-state index contributed by atoms with van der Waals surface area (Å²) in [6.45, 7) is 6.06. The molecule has 0 atom stereocenters. The topological polar surface area (TPSA) is 86.8 Å². The van der Waals surface area contributed by atoms with E-state index in [1.54, 1.807) is 24.3 Å². The zero-order chi connectivity index (χ0) is 22.7. The number of hydrogen-bond acceptors (Lipinski definition) is 5. The lowest BCUT2D eigenvalue weighted by molar-refractivity contribution is 0.0632. The standard InChI is InChI=1S/C24H29N3O4S/c1-18(28)21-8-10-23(11-9-21)32(30,31)25-16-19-4-6-22(7-5-19)24(29)27-14-12-26(13-15-27)17-20-2-3-20/h4-11,20,25H,2-3,12-17H2,1H3. The Labute approximate surface area is 189 Å². The maximum absolute atomic E-state index is 12.8. The highest BCUT2D eigenvalue weighted by molar-refractivity contribution is 7.89. The predicted molar refractivity (Wildman–Crippen MR) is 122 cm³/mol. The van der Waals surface area contributed by atoms with Crippen molar-refractivity contribution in [2.75, 3.05) is 32.7 Å². The van der Waals surface area contributed by atoms with E-state index in [9.17, 15) is 18.0 Å². The van der Waals surface area contributed by atoms with E-state index in [1.165, 1.54) is 44.0 Å². The fourth-order valence-corrected chi connectivity index (χ4v) is 4.90. The van der Waals surface area contributed by atoms with E-state index in [2.05, 4.69) is 9.62 Å². The van der Waals surface area contributed by atoms with Gasteiger partial charge in [0.25, 0.3) is 5.91 Å². The average molecular weight is 456 g/mol. The van der Waals surface area contributed by atoms with Crippen molar-refractivity contribution in [3.8, 4) is 0 Å². The molecule has 1 heterocycles. The molecule has 0 bridgehead atoms. The monoisotopic (exact) mass is 455 g/mol. The summed E-state index contributed by atoms with van der Waals surface area (Å²) in [5.74, 6) is 0.771. The van der Waals surface area contributed by atoms with Crippen molar-refractivity contribution >= 4 is 21.7 Å². The summed E-state index contributed by atoms with van der Waals surface area (Å²) in [7, 11) is -3.70. The molecule has 0 aromatic heterocycles. The van der Waals surface area contributed by atoms with E-state index in [0.717, 1.165) is 44.2 Å². The molecule has 1 saturated carbocycles. The lowest BCUT2D eigenvalue weighted by Crippen LogP contribution is -2.49. The summed E-state index contributed by atoms with van der Waals surface area (Å²) in [5.41, 5.74) is 1.85. The zero-order valence-corrected chi connectivity index (χ0v) is 19.1. The van der Waals surface area contributed by atoms with Crippen LogP contribution < -0.4 is 4.72 Å². The van der Waals surface area contributed by atoms with E-state index >= 15 is 0 Å². The van der Waals surface area contributed by atoms with E-state index in [0.29, 0.717) is 11.1 Å². The largest absolute Gasteiger partial charge is 0.336 e. The molecule has 1 N–H and O–H groups in total. The number of Topliss-reactive ketones (excluding diaryl/α,β-unsaturated/α-hetero) is 1. The first-order valence-corrected chi connectivity index (χ1v) is 12.5. The first kappa shape index (κ1) is 22.6. The summed E-state index contributed by atoms with van der Waals surface area (Å²) in [6.07, 6.45) is 2.68. The molecule has 2 aliphatic rings. The molecule has 1 aliphatic carbocycles. The molecule has 0 radical (unpaired) electrons. The Kier molecular flexibility index (Phi) is 6.74. The molecule has 170 valence electrons. The van der Waals surface area contributed by atoms with Crippen molar-refractivity contribution in [1.29, 1.82) is 0 Å². The predicted octanol–water partition coefficient (Wildman–Crippen LogP) is 2.54. The number of hydrogen-bond donors (Lipinski definition) is 1. The summed E-state index contributed by atoms with van der Waals surface area (Å²) < 4.78 is 27.6. The maximum Gasteiger partial charge on any atom is 0.253 e. The van der Waals surface area contributed by atoms with Crippen LogP contribution in [0.4, 0.5) is 0 Å². The van der Waals surface area contributed by atoms with Gasteiger partial charge in [-0.15, -0.1) is 0 Å². The molecule has 1 aliphatic heterocycles. The van der Waals surface area contributed by atoms with Gasteiger partial charge in [0.15, 0.2) is 5.78 Å². The molecule has 32 heavy (non-hydrogen) atoms. The number of piperazine rings is 1. The molecular formula is C24H29N3O4S. The van der Waals surface area contributed by atoms with Crippen LogP contribution in [0.15, 0.2) is 53.4 Å². The van der Waals surface area contributed by atoms with Crippen molar-refractivity contribution in [1.82, 2.24) is 14.5 Å². The Bertz CT molecular complexity index is 1070. The Balaban J connectivity index is 1.30. The van der Waals surface area contributed by atoms with Crippen LogP contribution in [-0.2, 0) is 16.6 Å². The molecule has 7 nitrogen and oxygen atoms in total. The number of nitrogens with zero attached hydrogens (tertiary/aromatic N) is 2. The summed E-state index contributed by atoms with van der Waals surface area (Å²) in [6, 6.07) is 12.9. The molecule has 1 saturated heterocycles. The van der Waals surface area contributed by atoms with Crippen LogP contribution in [0.3, 0.4) is 0 Å². The zero-order valence-electron chi connectivity index (χ0n) is 18.3. The second-order valence-corrected chi connectivity index (χ2v) is 10.4. The number of benzene rings is 2. The number of carbonyl (C=O) groups is 2. The summed E-state index contributed by atoms with van der Waals surface area (Å²) in [4.78, 5) is 28.6. The fourth-order valence-electron chi connectivity index (χ4n) is 3.88. The van der Waals surface area contributed by atoms with Crippen LogP contribution in [0.1, 0.15) is 46.0 Å². The molecule has 0 spiro atoms. The molecule has 2 fully saturated rings. The van der Waals surface area contributed by atoms with Gasteiger partial charge in [-0.1, -0.05) is 24.3 Å². The number of carbonyl (C=O) groups excluding carboxylic acids is 2. The molecule has 2 aromatic rings. The second-order valence-electron chi connectivity index (χ2n) is 8.64. The molecule has 0 unspecified atom stereocenters. The number of amides is 1. The minimum Gasteiger partial charge on any atom is -0.336 e. The molecule has 1 amide bonds. The highest BCUT2D eigenvalue weighted by Crippen LogP contribution is 2.30. The normalized spacial score (nSPS) is 17.3. The Morgan fingerprint density at radius 2 is 1.50 bits per heavy atom. The Morgan fingerprint density at radius 3 is 2.06 bits per heavy atom. The fraction of sp³-hybridized carbons (Fsp3) is 0.417. The Morgan fingerprint density at radius 1 is 0.906 bits per heavy atom. The van der Waals surface area contributed by atoms with Crippen molar-refractivity contribution in [3.63, 3.8) is 0 Å².